The van der Waals surface area contributed by atoms with Crippen LogP contribution in [-0.4, -0.2) is 4.98 Å². The van der Waals surface area contributed by atoms with E-state index in [2.05, 4.69) is 16.8 Å². The van der Waals surface area contributed by atoms with Crippen molar-refractivity contribution in [2.45, 2.75) is 0 Å². The van der Waals surface area contributed by atoms with Crippen molar-refractivity contribution in [2.24, 2.45) is 0 Å². The molecule has 0 radical (unpaired) electrons. The second-order valence-electron chi connectivity index (χ2n) is 1.96. The van der Waals surface area contributed by atoms with Crippen LogP contribution in [-0.2, 0) is 0 Å². The first kappa shape index (κ1) is 7.18. The fourth-order valence-corrected chi connectivity index (χ4v) is 0.700. The molecule has 0 aromatic carbocycles. The van der Waals surface area contributed by atoms with E-state index in [1.54, 1.807) is 12.1 Å². The van der Waals surface area contributed by atoms with Gasteiger partial charge in [0.05, 0.1) is 0 Å². The van der Waals surface area contributed by atoms with Gasteiger partial charge >= 0.3 is 0 Å². The van der Waals surface area contributed by atoms with E-state index in [0.717, 1.165) is 0 Å². The van der Waals surface area contributed by atoms with Crippen molar-refractivity contribution < 1.29 is 0 Å². The standard InChI is InChI=1S/C9H6N2/c1-3-8-5-7(10)6-9(4-2)11-8/h1-2,5-6H,(H2,10,11). The molecule has 0 spiro atoms. The van der Waals surface area contributed by atoms with Gasteiger partial charge in [-0.05, 0) is 12.1 Å². The summed E-state index contributed by atoms with van der Waals surface area (Å²) in [6, 6.07) is 3.20. The first-order chi connectivity index (χ1) is 5.26. The highest BCUT2D eigenvalue weighted by atomic mass is 14.7. The average Bonchev–Trinajstić information content (AvgIpc) is 2.03. The summed E-state index contributed by atoms with van der Waals surface area (Å²) in [5.41, 5.74) is 6.96. The molecule has 11 heavy (non-hydrogen) atoms. The molecule has 1 aromatic rings. The molecule has 0 bridgehead atoms. The molecule has 1 aromatic heterocycles. The van der Waals surface area contributed by atoms with Crippen molar-refractivity contribution >= 4 is 5.69 Å². The molecule has 2 heteroatoms. The van der Waals surface area contributed by atoms with Crippen molar-refractivity contribution in [3.8, 4) is 24.7 Å². The van der Waals surface area contributed by atoms with Crippen LogP contribution in [0.4, 0.5) is 5.69 Å². The maximum absolute atomic E-state index is 5.48. The Labute approximate surface area is 65.4 Å². The molecule has 1 heterocycles. The molecule has 0 aliphatic carbocycles. The minimum absolute atomic E-state index is 0.470. The van der Waals surface area contributed by atoms with Crippen LogP contribution in [0.25, 0.3) is 0 Å². The quantitative estimate of drug-likeness (QED) is 0.539. The van der Waals surface area contributed by atoms with E-state index < -0.39 is 0 Å². The molecule has 2 nitrogen and oxygen atoms in total. The third-order valence-corrected chi connectivity index (χ3v) is 1.14. The van der Waals surface area contributed by atoms with E-state index in [-0.39, 0.29) is 0 Å². The second kappa shape index (κ2) is 2.77. The van der Waals surface area contributed by atoms with E-state index in [4.69, 9.17) is 18.6 Å². The second-order valence-corrected chi connectivity index (χ2v) is 1.96. The predicted octanol–water partition coefficient (Wildman–Crippen LogP) is 0.626. The fraction of sp³-hybridized carbons (Fsp3) is 0. The minimum Gasteiger partial charge on any atom is -0.399 e. The molecule has 0 saturated carbocycles. The SMILES string of the molecule is C#Cc1cc(N)cc(C#C)n1. The summed E-state index contributed by atoms with van der Waals surface area (Å²) >= 11 is 0. The maximum Gasteiger partial charge on any atom is 0.116 e. The molecule has 0 aliphatic heterocycles. The van der Waals surface area contributed by atoms with E-state index >= 15 is 0 Å². The predicted molar refractivity (Wildman–Crippen MR) is 44.5 cm³/mol. The Hall–Kier alpha value is -1.93. The van der Waals surface area contributed by atoms with Gasteiger partial charge in [0.1, 0.15) is 11.4 Å². The number of terminal acetylenes is 2. The largest absolute Gasteiger partial charge is 0.399 e. The Kier molecular flexibility index (Phi) is 1.81. The number of hydrogen-bond acceptors (Lipinski definition) is 2. The zero-order valence-corrected chi connectivity index (χ0v) is 5.83. The fourth-order valence-electron chi connectivity index (χ4n) is 0.700. The summed E-state index contributed by atoms with van der Waals surface area (Å²) in [6.45, 7) is 0. The van der Waals surface area contributed by atoms with Gasteiger partial charge in [-0.15, -0.1) is 12.8 Å². The van der Waals surface area contributed by atoms with Crippen molar-refractivity contribution in [2.75, 3.05) is 5.73 Å². The zero-order valence-electron chi connectivity index (χ0n) is 5.83. The zero-order chi connectivity index (χ0) is 8.27. The Balaban J connectivity index is 3.28. The molecule has 0 unspecified atom stereocenters. The summed E-state index contributed by atoms with van der Waals surface area (Å²) < 4.78 is 0. The molecule has 52 valence electrons. The summed E-state index contributed by atoms with van der Waals surface area (Å²) in [5.74, 6) is 4.71. The molecule has 0 saturated heterocycles. The molecule has 2 N–H and O–H groups in total. The number of hydrogen-bond donors (Lipinski definition) is 1. The van der Waals surface area contributed by atoms with Gasteiger partial charge in [0.2, 0.25) is 0 Å². The molecule has 0 atom stereocenters. The summed E-state index contributed by atoms with van der Waals surface area (Å²) in [6.07, 6.45) is 10.2. The van der Waals surface area contributed by atoms with E-state index in [1.165, 1.54) is 0 Å². The molecular formula is C9H6N2. The number of rotatable bonds is 0. The van der Waals surface area contributed by atoms with Crippen LogP contribution in [0.15, 0.2) is 12.1 Å². The summed E-state index contributed by atoms with van der Waals surface area (Å²) in [7, 11) is 0. The van der Waals surface area contributed by atoms with E-state index in [1.807, 2.05) is 0 Å². The van der Waals surface area contributed by atoms with Gasteiger partial charge in [0, 0.05) is 5.69 Å². The Bertz CT molecular complexity index is 321. The minimum atomic E-state index is 0.470. The van der Waals surface area contributed by atoms with Crippen LogP contribution in [0.5, 0.6) is 0 Å². The van der Waals surface area contributed by atoms with Crippen molar-refractivity contribution in [1.82, 2.24) is 4.98 Å². The van der Waals surface area contributed by atoms with Crippen LogP contribution in [0.2, 0.25) is 0 Å². The third kappa shape index (κ3) is 1.50. The van der Waals surface area contributed by atoms with Crippen LogP contribution in [0.3, 0.4) is 0 Å². The van der Waals surface area contributed by atoms with Gasteiger partial charge in [-0.3, -0.25) is 0 Å². The lowest BCUT2D eigenvalue weighted by molar-refractivity contribution is 1.26. The number of nitrogens with zero attached hydrogens (tertiary/aromatic N) is 1. The Morgan fingerprint density at radius 1 is 1.18 bits per heavy atom. The van der Waals surface area contributed by atoms with Gasteiger partial charge in [0.25, 0.3) is 0 Å². The highest BCUT2D eigenvalue weighted by molar-refractivity contribution is 5.47. The molecule has 0 amide bonds. The Morgan fingerprint density at radius 2 is 1.64 bits per heavy atom. The van der Waals surface area contributed by atoms with Gasteiger partial charge < -0.3 is 5.73 Å². The lowest BCUT2D eigenvalue weighted by atomic mass is 10.3. The molecule has 0 fully saturated rings. The number of anilines is 1. The lowest BCUT2D eigenvalue weighted by Crippen LogP contribution is -1.92. The molecular weight excluding hydrogens is 136 g/mol. The number of pyridine rings is 1. The highest BCUT2D eigenvalue weighted by Crippen LogP contribution is 2.05. The summed E-state index contributed by atoms with van der Waals surface area (Å²) in [5, 5.41) is 0. The van der Waals surface area contributed by atoms with Crippen LogP contribution < -0.4 is 5.73 Å². The number of nitrogen functional groups attached to an aromatic ring is 1. The van der Waals surface area contributed by atoms with Crippen LogP contribution in [0, 0.1) is 24.7 Å². The molecule has 0 aliphatic rings. The number of nitrogens with two attached hydrogens (primary N) is 1. The van der Waals surface area contributed by atoms with Crippen molar-refractivity contribution in [3.05, 3.63) is 23.5 Å². The lowest BCUT2D eigenvalue weighted by Gasteiger charge is -1.95. The van der Waals surface area contributed by atoms with Gasteiger partial charge in [-0.25, -0.2) is 4.98 Å². The smallest absolute Gasteiger partial charge is 0.116 e. The normalized spacial score (nSPS) is 8.18. The van der Waals surface area contributed by atoms with Crippen LogP contribution in [0.1, 0.15) is 11.4 Å². The average molecular weight is 142 g/mol. The van der Waals surface area contributed by atoms with Crippen LogP contribution >= 0.6 is 0 Å². The topological polar surface area (TPSA) is 38.9 Å². The maximum atomic E-state index is 5.48. The van der Waals surface area contributed by atoms with E-state index in [0.29, 0.717) is 17.1 Å². The third-order valence-electron chi connectivity index (χ3n) is 1.14. The Morgan fingerprint density at radius 3 is 2.00 bits per heavy atom. The monoisotopic (exact) mass is 142 g/mol. The van der Waals surface area contributed by atoms with E-state index in [9.17, 15) is 0 Å². The first-order valence-corrected chi connectivity index (χ1v) is 2.97. The molecule has 1 rings (SSSR count). The highest BCUT2D eigenvalue weighted by Gasteiger charge is 1.94. The van der Waals surface area contributed by atoms with Gasteiger partial charge in [-0.2, -0.15) is 0 Å². The van der Waals surface area contributed by atoms with Gasteiger partial charge in [0.15, 0.2) is 0 Å². The summed E-state index contributed by atoms with van der Waals surface area (Å²) in [4.78, 5) is 3.92. The van der Waals surface area contributed by atoms with Crippen molar-refractivity contribution in [1.29, 1.82) is 0 Å². The van der Waals surface area contributed by atoms with Crippen molar-refractivity contribution in [3.63, 3.8) is 0 Å². The first-order valence-electron chi connectivity index (χ1n) is 2.97. The van der Waals surface area contributed by atoms with Gasteiger partial charge in [-0.1, -0.05) is 11.8 Å². The number of aromatic nitrogens is 1.